The normalized spacial score (nSPS) is 10.7. The van der Waals surface area contributed by atoms with Crippen molar-refractivity contribution in [2.45, 2.75) is 168 Å². The van der Waals surface area contributed by atoms with Crippen molar-refractivity contribution in [1.82, 2.24) is 0 Å². The molecule has 0 rings (SSSR count). The second-order valence-electron chi connectivity index (χ2n) is 9.42. The first-order valence-corrected chi connectivity index (χ1v) is 13.9. The predicted molar refractivity (Wildman–Crippen MR) is 134 cm³/mol. The maximum Gasteiger partial charge on any atom is 1.00 e. The van der Waals surface area contributed by atoms with Crippen molar-refractivity contribution in [1.29, 1.82) is 0 Å². The van der Waals surface area contributed by atoms with Crippen LogP contribution in [0.4, 0.5) is 0 Å². The van der Waals surface area contributed by atoms with Crippen LogP contribution in [0.5, 0.6) is 0 Å². The van der Waals surface area contributed by atoms with Gasteiger partial charge in [0.15, 0.2) is 0 Å². The fourth-order valence-corrected chi connectivity index (χ4v) is 4.10. The SMILES string of the molecule is CCCCCCCCCCCCCC(=O)OC(=O)CCCCCCCCCCCCC.[H-].[Na+]. The summed E-state index contributed by atoms with van der Waals surface area (Å²) in [6.07, 6.45) is 28.5. The molecule has 0 aromatic rings. The van der Waals surface area contributed by atoms with Gasteiger partial charge in [0.05, 0.1) is 0 Å². The Labute approximate surface area is 224 Å². The van der Waals surface area contributed by atoms with Gasteiger partial charge in [0.2, 0.25) is 0 Å². The molecule has 0 aliphatic carbocycles. The molecule has 0 radical (unpaired) electrons. The number of hydrogen-bond donors (Lipinski definition) is 0. The van der Waals surface area contributed by atoms with E-state index in [0.717, 1.165) is 25.7 Å². The van der Waals surface area contributed by atoms with Crippen molar-refractivity contribution in [2.24, 2.45) is 0 Å². The van der Waals surface area contributed by atoms with Crippen molar-refractivity contribution in [3.8, 4) is 0 Å². The van der Waals surface area contributed by atoms with Gasteiger partial charge in [0.25, 0.3) is 0 Å². The average Bonchev–Trinajstić information content (AvgIpc) is 2.75. The Morgan fingerprint density at radius 1 is 0.438 bits per heavy atom. The number of rotatable bonds is 24. The maximum atomic E-state index is 11.8. The number of hydrogen-bond acceptors (Lipinski definition) is 3. The van der Waals surface area contributed by atoms with Crippen LogP contribution < -0.4 is 29.6 Å². The van der Waals surface area contributed by atoms with Crippen LogP contribution in [0.1, 0.15) is 169 Å². The minimum Gasteiger partial charge on any atom is -1.00 e. The van der Waals surface area contributed by atoms with Crippen molar-refractivity contribution in [3.05, 3.63) is 0 Å². The Balaban J connectivity index is -0.00000450. The van der Waals surface area contributed by atoms with Gasteiger partial charge in [-0.15, -0.1) is 0 Å². The molecule has 0 atom stereocenters. The second-order valence-corrected chi connectivity index (χ2v) is 9.42. The summed E-state index contributed by atoms with van der Waals surface area (Å²) in [6, 6.07) is 0. The quantitative estimate of drug-likeness (QED) is 0.0704. The first-order chi connectivity index (χ1) is 15.2. The molecule has 0 amide bonds. The van der Waals surface area contributed by atoms with Crippen molar-refractivity contribution < 1.29 is 45.3 Å². The first kappa shape index (κ1) is 34.3. The van der Waals surface area contributed by atoms with Gasteiger partial charge in [-0.25, -0.2) is 0 Å². The minimum atomic E-state index is -0.330. The Morgan fingerprint density at radius 3 is 0.906 bits per heavy atom. The molecular weight excluding hydrogens is 407 g/mol. The summed E-state index contributed by atoms with van der Waals surface area (Å²) < 4.78 is 4.96. The van der Waals surface area contributed by atoms with Crippen LogP contribution in [0.25, 0.3) is 0 Å². The van der Waals surface area contributed by atoms with E-state index in [1.807, 2.05) is 0 Å². The molecule has 0 unspecified atom stereocenters. The zero-order valence-electron chi connectivity index (χ0n) is 23.2. The number of carbonyl (C=O) groups is 2. The molecule has 0 aliphatic rings. The van der Waals surface area contributed by atoms with Crippen molar-refractivity contribution >= 4 is 11.9 Å². The molecule has 0 spiro atoms. The van der Waals surface area contributed by atoms with Crippen LogP contribution in [-0.4, -0.2) is 11.9 Å². The van der Waals surface area contributed by atoms with E-state index in [4.69, 9.17) is 4.74 Å². The fraction of sp³-hybridized carbons (Fsp3) is 0.929. The first-order valence-electron chi connectivity index (χ1n) is 13.9. The molecule has 0 aliphatic heterocycles. The summed E-state index contributed by atoms with van der Waals surface area (Å²) in [7, 11) is 0. The van der Waals surface area contributed by atoms with Gasteiger partial charge in [-0.3, -0.25) is 9.59 Å². The second kappa shape index (κ2) is 29.2. The van der Waals surface area contributed by atoms with E-state index in [2.05, 4.69) is 13.8 Å². The fourth-order valence-electron chi connectivity index (χ4n) is 4.10. The molecule has 0 saturated heterocycles. The van der Waals surface area contributed by atoms with Gasteiger partial charge >= 0.3 is 41.5 Å². The topological polar surface area (TPSA) is 43.4 Å². The zero-order valence-corrected chi connectivity index (χ0v) is 24.2. The van der Waals surface area contributed by atoms with Gasteiger partial charge in [0, 0.05) is 12.8 Å². The van der Waals surface area contributed by atoms with Gasteiger partial charge in [0.1, 0.15) is 0 Å². The third-order valence-electron chi connectivity index (χ3n) is 6.20. The molecule has 0 heterocycles. The van der Waals surface area contributed by atoms with E-state index < -0.39 is 0 Å². The molecule has 186 valence electrons. The summed E-state index contributed by atoms with van der Waals surface area (Å²) in [6.45, 7) is 4.51. The molecule has 0 bridgehead atoms. The van der Waals surface area contributed by atoms with Gasteiger partial charge in [-0.05, 0) is 12.8 Å². The molecule has 4 heteroatoms. The molecule has 0 fully saturated rings. The molecular formula is C28H55NaO3. The van der Waals surface area contributed by atoms with Crippen molar-refractivity contribution in [3.63, 3.8) is 0 Å². The average molecular weight is 463 g/mol. The molecule has 32 heavy (non-hydrogen) atoms. The molecule has 0 aromatic carbocycles. The van der Waals surface area contributed by atoms with Gasteiger partial charge < -0.3 is 6.16 Å². The zero-order chi connectivity index (χ0) is 22.8. The summed E-state index contributed by atoms with van der Waals surface area (Å²) >= 11 is 0. The Bertz CT molecular complexity index is 369. The monoisotopic (exact) mass is 462 g/mol. The maximum absolute atomic E-state index is 11.8. The van der Waals surface area contributed by atoms with E-state index in [-0.39, 0.29) is 42.9 Å². The van der Waals surface area contributed by atoms with E-state index in [0.29, 0.717) is 12.8 Å². The van der Waals surface area contributed by atoms with E-state index >= 15 is 0 Å². The predicted octanol–water partition coefficient (Wildman–Crippen LogP) is 6.57. The summed E-state index contributed by atoms with van der Waals surface area (Å²) in [4.78, 5) is 23.5. The van der Waals surface area contributed by atoms with Gasteiger partial charge in [-0.1, -0.05) is 142 Å². The Morgan fingerprint density at radius 2 is 0.656 bits per heavy atom. The van der Waals surface area contributed by atoms with Crippen LogP contribution >= 0.6 is 0 Å². The third kappa shape index (κ3) is 28.2. The van der Waals surface area contributed by atoms with E-state index in [1.54, 1.807) is 0 Å². The van der Waals surface area contributed by atoms with Crippen LogP contribution in [0.3, 0.4) is 0 Å². The largest absolute Gasteiger partial charge is 1.00 e. The summed E-state index contributed by atoms with van der Waals surface area (Å²) in [5, 5.41) is 0. The number of carbonyl (C=O) groups excluding carboxylic acids is 2. The van der Waals surface area contributed by atoms with E-state index in [1.165, 1.54) is 116 Å². The van der Waals surface area contributed by atoms with Crippen molar-refractivity contribution in [2.75, 3.05) is 0 Å². The number of ether oxygens (including phenoxy) is 1. The van der Waals surface area contributed by atoms with Crippen LogP contribution in [0.15, 0.2) is 0 Å². The van der Waals surface area contributed by atoms with E-state index in [9.17, 15) is 9.59 Å². The molecule has 3 nitrogen and oxygen atoms in total. The summed E-state index contributed by atoms with van der Waals surface area (Å²) in [5.74, 6) is -0.659. The summed E-state index contributed by atoms with van der Waals surface area (Å²) in [5.41, 5.74) is 0. The molecule has 0 N–H and O–H groups in total. The Hall–Kier alpha value is 0.140. The standard InChI is InChI=1S/C28H54O3.Na.H/c1-3-5-7-9-11-13-15-17-19-21-23-25-27(29)31-28(30)26-24-22-20-18-16-14-12-10-8-6-4-2;;/h3-26H2,1-2H3;;/q;+1;-1. The van der Waals surface area contributed by atoms with Crippen LogP contribution in [0.2, 0.25) is 0 Å². The number of unbranched alkanes of at least 4 members (excludes halogenated alkanes) is 20. The molecule has 0 saturated carbocycles. The molecule has 0 aromatic heterocycles. The number of esters is 2. The Kier molecular flexibility index (Phi) is 31.3. The van der Waals surface area contributed by atoms with Crippen LogP contribution in [-0.2, 0) is 14.3 Å². The third-order valence-corrected chi connectivity index (χ3v) is 6.20. The van der Waals surface area contributed by atoms with Gasteiger partial charge in [-0.2, -0.15) is 0 Å². The van der Waals surface area contributed by atoms with Crippen LogP contribution in [0, 0.1) is 0 Å². The smallest absolute Gasteiger partial charge is 1.00 e. The minimum absolute atomic E-state index is 0.